The topological polar surface area (TPSA) is 17.1 Å². The Hall–Kier alpha value is -1.76. The normalized spacial score (nSPS) is 12.1. The third kappa shape index (κ3) is 4.23. The number of hydrogen-bond acceptors (Lipinski definition) is 1. The fourth-order valence-corrected chi connectivity index (χ4v) is 9.01. The molecular weight excluding hydrogens is 415 g/mol. The largest absolute Gasteiger partial charge is 1.00 e. The second-order valence-electron chi connectivity index (χ2n) is 6.64. The van der Waals surface area contributed by atoms with Crippen LogP contribution in [0.3, 0.4) is 0 Å². The van der Waals surface area contributed by atoms with Crippen molar-refractivity contribution in [2.75, 3.05) is 0 Å². The number of carbonyl (C=O) groups is 1. The Balaban J connectivity index is 0.00000261. The molecular formula is C24H26BrOP. The minimum absolute atomic E-state index is 0. The predicted octanol–water partition coefficient (Wildman–Crippen LogP) is 1.74. The number of ketones is 1. The second-order valence-corrected chi connectivity index (χ2v) is 10.3. The Morgan fingerprint density at radius 3 is 1.33 bits per heavy atom. The molecule has 3 rings (SSSR count). The molecule has 0 aromatic heterocycles. The maximum Gasteiger partial charge on any atom is 0.171 e. The summed E-state index contributed by atoms with van der Waals surface area (Å²) in [4.78, 5) is 12.9. The average Bonchev–Trinajstić information content (AvgIpc) is 2.70. The van der Waals surface area contributed by atoms with Crippen molar-refractivity contribution in [1.29, 1.82) is 0 Å². The molecule has 1 unspecified atom stereocenters. The molecule has 140 valence electrons. The Labute approximate surface area is 173 Å². The van der Waals surface area contributed by atoms with Crippen LogP contribution >= 0.6 is 7.26 Å². The number of benzene rings is 3. The van der Waals surface area contributed by atoms with Gasteiger partial charge in [-0.3, -0.25) is 4.79 Å². The summed E-state index contributed by atoms with van der Waals surface area (Å²) < 4.78 is 0. The van der Waals surface area contributed by atoms with E-state index in [4.69, 9.17) is 0 Å². The zero-order valence-electron chi connectivity index (χ0n) is 15.9. The zero-order chi connectivity index (χ0) is 18.4. The van der Waals surface area contributed by atoms with Gasteiger partial charge in [-0.2, -0.15) is 0 Å². The van der Waals surface area contributed by atoms with Gasteiger partial charge in [-0.05, 0) is 49.7 Å². The van der Waals surface area contributed by atoms with E-state index in [1.54, 1.807) is 6.92 Å². The summed E-state index contributed by atoms with van der Waals surface area (Å²) >= 11 is 0. The van der Waals surface area contributed by atoms with E-state index in [9.17, 15) is 4.79 Å². The number of rotatable bonds is 7. The summed E-state index contributed by atoms with van der Waals surface area (Å²) in [7, 11) is -2.09. The summed E-state index contributed by atoms with van der Waals surface area (Å²) in [5, 5.41) is 3.85. The van der Waals surface area contributed by atoms with E-state index in [2.05, 4.69) is 97.9 Å². The van der Waals surface area contributed by atoms with Crippen LogP contribution in [-0.2, 0) is 4.79 Å². The molecule has 27 heavy (non-hydrogen) atoms. The van der Waals surface area contributed by atoms with Crippen LogP contribution in [0.4, 0.5) is 0 Å². The molecule has 0 heterocycles. The van der Waals surface area contributed by atoms with E-state index in [1.165, 1.54) is 15.9 Å². The SMILES string of the molecule is CCCC(C(C)=O)[P+](c1ccccc1)(c1ccccc1)c1ccccc1.[Br-]. The highest BCUT2D eigenvalue weighted by Crippen LogP contribution is 2.61. The van der Waals surface area contributed by atoms with Gasteiger partial charge in [0.15, 0.2) is 5.78 Å². The lowest BCUT2D eigenvalue weighted by molar-refractivity contribution is -0.116. The van der Waals surface area contributed by atoms with Crippen molar-refractivity contribution < 1.29 is 21.8 Å². The number of hydrogen-bond donors (Lipinski definition) is 0. The van der Waals surface area contributed by atoms with Crippen LogP contribution in [0, 0.1) is 0 Å². The van der Waals surface area contributed by atoms with Gasteiger partial charge in [0.2, 0.25) is 0 Å². The molecule has 0 bridgehead atoms. The van der Waals surface area contributed by atoms with Gasteiger partial charge < -0.3 is 17.0 Å². The Bertz CT molecular complexity index is 737. The molecule has 0 spiro atoms. The lowest BCUT2D eigenvalue weighted by Crippen LogP contribution is -3.00. The first-order valence-corrected chi connectivity index (χ1v) is 11.1. The second kappa shape index (κ2) is 9.97. The Kier molecular flexibility index (Phi) is 7.95. The third-order valence-electron chi connectivity index (χ3n) is 4.99. The van der Waals surface area contributed by atoms with Gasteiger partial charge in [0.05, 0.1) is 0 Å². The third-order valence-corrected chi connectivity index (χ3v) is 9.88. The van der Waals surface area contributed by atoms with Gasteiger partial charge in [-0.25, -0.2) is 0 Å². The minimum Gasteiger partial charge on any atom is -1.00 e. The van der Waals surface area contributed by atoms with Crippen molar-refractivity contribution >= 4 is 29.0 Å². The van der Waals surface area contributed by atoms with Gasteiger partial charge >= 0.3 is 0 Å². The van der Waals surface area contributed by atoms with Gasteiger partial charge in [-0.15, -0.1) is 0 Å². The molecule has 3 aromatic rings. The molecule has 1 nitrogen and oxygen atoms in total. The lowest BCUT2D eigenvalue weighted by atomic mass is 10.2. The summed E-state index contributed by atoms with van der Waals surface area (Å²) in [6.07, 6.45) is 1.90. The number of halogens is 1. The first-order chi connectivity index (χ1) is 12.7. The van der Waals surface area contributed by atoms with Crippen molar-refractivity contribution in [2.24, 2.45) is 0 Å². The summed E-state index contributed by atoms with van der Waals surface area (Å²) in [5.74, 6) is 0.289. The van der Waals surface area contributed by atoms with E-state index in [1.807, 2.05) is 0 Å². The maximum absolute atomic E-state index is 12.9. The van der Waals surface area contributed by atoms with Gasteiger partial charge in [0.25, 0.3) is 0 Å². The smallest absolute Gasteiger partial charge is 0.171 e. The quantitative estimate of drug-likeness (QED) is 0.511. The summed E-state index contributed by atoms with van der Waals surface area (Å²) in [6, 6.07) is 32.0. The molecule has 1 atom stereocenters. The fraction of sp³-hybridized carbons (Fsp3) is 0.208. The van der Waals surface area contributed by atoms with Crippen molar-refractivity contribution in [3.8, 4) is 0 Å². The zero-order valence-corrected chi connectivity index (χ0v) is 18.4. The van der Waals surface area contributed by atoms with Crippen molar-refractivity contribution in [3.63, 3.8) is 0 Å². The average molecular weight is 441 g/mol. The molecule has 3 heteroatoms. The van der Waals surface area contributed by atoms with Crippen LogP contribution in [0.1, 0.15) is 26.7 Å². The molecule has 0 radical (unpaired) electrons. The molecule has 0 aliphatic carbocycles. The Morgan fingerprint density at radius 2 is 1.07 bits per heavy atom. The summed E-state index contributed by atoms with van der Waals surface area (Å²) in [5.41, 5.74) is -0.000278. The highest BCUT2D eigenvalue weighted by atomic mass is 79.9. The molecule has 0 N–H and O–H groups in total. The maximum atomic E-state index is 12.9. The first kappa shape index (κ1) is 21.5. The summed E-state index contributed by atoms with van der Waals surface area (Å²) in [6.45, 7) is 3.94. The van der Waals surface area contributed by atoms with E-state index >= 15 is 0 Å². The van der Waals surface area contributed by atoms with E-state index in [0.29, 0.717) is 0 Å². The minimum atomic E-state index is -2.09. The lowest BCUT2D eigenvalue weighted by Gasteiger charge is -2.33. The highest BCUT2D eigenvalue weighted by molar-refractivity contribution is 7.96. The van der Waals surface area contributed by atoms with Crippen LogP contribution in [0.25, 0.3) is 0 Å². The fourth-order valence-electron chi connectivity index (χ4n) is 3.92. The first-order valence-electron chi connectivity index (χ1n) is 9.27. The molecule has 0 fully saturated rings. The molecule has 3 aromatic carbocycles. The van der Waals surface area contributed by atoms with Crippen molar-refractivity contribution in [1.82, 2.24) is 0 Å². The molecule has 0 saturated heterocycles. The predicted molar refractivity (Wildman–Crippen MR) is 115 cm³/mol. The number of Topliss-reactive ketones (excluding diaryl/α,β-unsaturated/α-hetero) is 1. The molecule has 0 aliphatic rings. The van der Waals surface area contributed by atoms with Gasteiger partial charge in [0, 0.05) is 0 Å². The van der Waals surface area contributed by atoms with Gasteiger partial charge in [0.1, 0.15) is 28.8 Å². The number of carbonyl (C=O) groups excluding carboxylic acids is 1. The molecule has 0 amide bonds. The van der Waals surface area contributed by atoms with Gasteiger partial charge in [-0.1, -0.05) is 67.9 Å². The molecule has 0 saturated carbocycles. The van der Waals surface area contributed by atoms with E-state index in [0.717, 1.165) is 12.8 Å². The van der Waals surface area contributed by atoms with E-state index < -0.39 is 7.26 Å². The van der Waals surface area contributed by atoms with Crippen molar-refractivity contribution in [3.05, 3.63) is 91.0 Å². The van der Waals surface area contributed by atoms with Crippen LogP contribution in [0.15, 0.2) is 91.0 Å². The highest BCUT2D eigenvalue weighted by Gasteiger charge is 2.53. The van der Waals surface area contributed by atoms with Crippen LogP contribution in [-0.4, -0.2) is 11.4 Å². The molecule has 0 aliphatic heterocycles. The van der Waals surface area contributed by atoms with Crippen LogP contribution < -0.4 is 32.9 Å². The van der Waals surface area contributed by atoms with Crippen molar-refractivity contribution in [2.45, 2.75) is 32.3 Å². The van der Waals surface area contributed by atoms with Crippen LogP contribution in [0.5, 0.6) is 0 Å². The standard InChI is InChI=1S/C24H26OP.BrH/c1-3-13-24(20(2)25)26(21-14-7-4-8-15-21,22-16-9-5-10-17-22)23-18-11-6-12-19-23;/h4-12,14-19,24H,3,13H2,1-2H3;1H/q+1;/p-1. The van der Waals surface area contributed by atoms with E-state index in [-0.39, 0.29) is 28.4 Å². The Morgan fingerprint density at radius 1 is 0.741 bits per heavy atom. The monoisotopic (exact) mass is 440 g/mol. The van der Waals surface area contributed by atoms with Crippen LogP contribution in [0.2, 0.25) is 0 Å².